The summed E-state index contributed by atoms with van der Waals surface area (Å²) >= 11 is 0. The number of rotatable bonds is 7. The van der Waals surface area contributed by atoms with Gasteiger partial charge in [0.15, 0.2) is 0 Å². The molecule has 96 valence electrons. The predicted molar refractivity (Wildman–Crippen MR) is 66.0 cm³/mol. The van der Waals surface area contributed by atoms with Crippen LogP contribution < -0.4 is 11.4 Å². The molecular formula is C12H21N3O2. The fourth-order valence-electron chi connectivity index (χ4n) is 2.02. The largest absolute Gasteiger partial charge is 0.377 e. The normalized spacial score (nSPS) is 17.3. The van der Waals surface area contributed by atoms with Crippen LogP contribution in [0.1, 0.15) is 32.2 Å². The highest BCUT2D eigenvalue weighted by atomic mass is 16.5. The van der Waals surface area contributed by atoms with Gasteiger partial charge in [-0.25, -0.2) is 4.79 Å². The highest BCUT2D eigenvalue weighted by molar-refractivity contribution is 4.91. The van der Waals surface area contributed by atoms with E-state index in [1.54, 1.807) is 4.57 Å². The van der Waals surface area contributed by atoms with Gasteiger partial charge in [-0.05, 0) is 26.2 Å². The van der Waals surface area contributed by atoms with Crippen molar-refractivity contribution in [2.75, 3.05) is 13.2 Å². The maximum absolute atomic E-state index is 12.0. The molecule has 2 N–H and O–H groups in total. The Kier molecular flexibility index (Phi) is 4.02. The van der Waals surface area contributed by atoms with Crippen molar-refractivity contribution in [3.63, 3.8) is 0 Å². The average molecular weight is 239 g/mol. The molecule has 0 spiro atoms. The molecule has 17 heavy (non-hydrogen) atoms. The third-order valence-corrected chi connectivity index (χ3v) is 3.17. The second kappa shape index (κ2) is 5.51. The zero-order chi connectivity index (χ0) is 12.3. The lowest BCUT2D eigenvalue weighted by molar-refractivity contribution is 0.0597. The van der Waals surface area contributed by atoms with Gasteiger partial charge in [-0.1, -0.05) is 0 Å². The molecule has 2 rings (SSSR count). The molecule has 1 aromatic rings. The number of aryl methyl sites for hydroxylation is 1. The maximum Gasteiger partial charge on any atom is 0.328 e. The number of ether oxygens (including phenoxy) is 1. The first kappa shape index (κ1) is 12.4. The van der Waals surface area contributed by atoms with Gasteiger partial charge in [-0.15, -0.1) is 0 Å². The number of hydrogen-bond acceptors (Lipinski definition) is 3. The molecule has 1 aliphatic rings. The van der Waals surface area contributed by atoms with Crippen LogP contribution in [0.2, 0.25) is 0 Å². The van der Waals surface area contributed by atoms with E-state index in [1.807, 2.05) is 23.9 Å². The van der Waals surface area contributed by atoms with Crippen molar-refractivity contribution in [3.8, 4) is 0 Å². The standard InChI is InChI=1S/C12H21N3O2/c1-2-17-11(9-13)5-6-14-7-8-15(12(14)16)10-3-4-10/h7-8,10-11H,2-6,9,13H2,1H3. The topological polar surface area (TPSA) is 62.2 Å². The second-order valence-corrected chi connectivity index (χ2v) is 4.51. The number of nitrogens with zero attached hydrogens (tertiary/aromatic N) is 2. The van der Waals surface area contributed by atoms with Crippen molar-refractivity contribution in [2.24, 2.45) is 5.73 Å². The number of aromatic nitrogens is 2. The second-order valence-electron chi connectivity index (χ2n) is 4.51. The van der Waals surface area contributed by atoms with Crippen LogP contribution in [0.5, 0.6) is 0 Å². The summed E-state index contributed by atoms with van der Waals surface area (Å²) in [6, 6.07) is 0.445. The van der Waals surface area contributed by atoms with Gasteiger partial charge in [-0.2, -0.15) is 0 Å². The minimum absolute atomic E-state index is 0.0520. The van der Waals surface area contributed by atoms with E-state index in [0.29, 0.717) is 25.7 Å². The van der Waals surface area contributed by atoms with E-state index in [2.05, 4.69) is 0 Å². The van der Waals surface area contributed by atoms with Crippen molar-refractivity contribution in [1.29, 1.82) is 0 Å². The van der Waals surface area contributed by atoms with Crippen LogP contribution in [0.15, 0.2) is 17.2 Å². The van der Waals surface area contributed by atoms with Crippen LogP contribution in [-0.4, -0.2) is 28.4 Å². The maximum atomic E-state index is 12.0. The Bertz CT molecular complexity index is 406. The molecule has 0 saturated heterocycles. The summed E-state index contributed by atoms with van der Waals surface area (Å²) in [5, 5.41) is 0. The summed E-state index contributed by atoms with van der Waals surface area (Å²) < 4.78 is 9.05. The van der Waals surface area contributed by atoms with Gasteiger partial charge < -0.3 is 10.5 Å². The molecule has 1 heterocycles. The van der Waals surface area contributed by atoms with Gasteiger partial charge in [0.2, 0.25) is 0 Å². The minimum Gasteiger partial charge on any atom is -0.377 e. The number of imidazole rings is 1. The van der Waals surface area contributed by atoms with Gasteiger partial charge in [0.1, 0.15) is 0 Å². The molecule has 1 saturated carbocycles. The van der Waals surface area contributed by atoms with Crippen LogP contribution >= 0.6 is 0 Å². The molecule has 0 radical (unpaired) electrons. The van der Waals surface area contributed by atoms with Gasteiger partial charge in [0.25, 0.3) is 0 Å². The summed E-state index contributed by atoms with van der Waals surface area (Å²) in [6.45, 7) is 3.81. The Morgan fingerprint density at radius 1 is 1.53 bits per heavy atom. The minimum atomic E-state index is 0.0520. The fraction of sp³-hybridized carbons (Fsp3) is 0.750. The Morgan fingerprint density at radius 3 is 2.88 bits per heavy atom. The molecule has 1 aliphatic carbocycles. The molecule has 0 bridgehead atoms. The zero-order valence-electron chi connectivity index (χ0n) is 10.3. The van der Waals surface area contributed by atoms with Gasteiger partial charge in [0, 0.05) is 38.1 Å². The lowest BCUT2D eigenvalue weighted by Gasteiger charge is -2.14. The molecule has 1 fully saturated rings. The smallest absolute Gasteiger partial charge is 0.328 e. The molecule has 0 aromatic carbocycles. The van der Waals surface area contributed by atoms with E-state index in [0.717, 1.165) is 19.3 Å². The van der Waals surface area contributed by atoms with Crippen LogP contribution in [0, 0.1) is 0 Å². The van der Waals surface area contributed by atoms with Gasteiger partial charge >= 0.3 is 5.69 Å². The third kappa shape index (κ3) is 2.98. The SMILES string of the molecule is CCOC(CN)CCn1ccn(C2CC2)c1=O. The Morgan fingerprint density at radius 2 is 2.29 bits per heavy atom. The Labute approximate surface area is 101 Å². The quantitative estimate of drug-likeness (QED) is 0.763. The van der Waals surface area contributed by atoms with Crippen LogP contribution in [0.4, 0.5) is 0 Å². The first-order valence-corrected chi connectivity index (χ1v) is 6.35. The van der Waals surface area contributed by atoms with E-state index < -0.39 is 0 Å². The van der Waals surface area contributed by atoms with Crippen molar-refractivity contribution in [1.82, 2.24) is 9.13 Å². The Hall–Kier alpha value is -1.07. The van der Waals surface area contributed by atoms with Gasteiger partial charge in [-0.3, -0.25) is 9.13 Å². The first-order chi connectivity index (χ1) is 8.26. The van der Waals surface area contributed by atoms with E-state index >= 15 is 0 Å². The van der Waals surface area contributed by atoms with Crippen molar-refractivity contribution < 1.29 is 4.74 Å². The van der Waals surface area contributed by atoms with Gasteiger partial charge in [0.05, 0.1) is 6.10 Å². The van der Waals surface area contributed by atoms with Crippen molar-refractivity contribution >= 4 is 0 Å². The average Bonchev–Trinajstić information content (AvgIpc) is 3.10. The zero-order valence-corrected chi connectivity index (χ0v) is 10.3. The molecule has 5 heteroatoms. The van der Waals surface area contributed by atoms with E-state index in [9.17, 15) is 4.79 Å². The highest BCUT2D eigenvalue weighted by Crippen LogP contribution is 2.33. The van der Waals surface area contributed by atoms with Crippen molar-refractivity contribution in [2.45, 2.75) is 44.9 Å². The van der Waals surface area contributed by atoms with Crippen LogP contribution in [0.3, 0.4) is 0 Å². The number of hydrogen-bond donors (Lipinski definition) is 1. The molecule has 1 aromatic heterocycles. The van der Waals surface area contributed by atoms with Crippen molar-refractivity contribution in [3.05, 3.63) is 22.9 Å². The predicted octanol–water partition coefficient (Wildman–Crippen LogP) is 0.739. The van der Waals surface area contributed by atoms with E-state index in [4.69, 9.17) is 10.5 Å². The first-order valence-electron chi connectivity index (χ1n) is 6.35. The summed E-state index contributed by atoms with van der Waals surface area (Å²) in [6.07, 6.45) is 6.86. The lowest BCUT2D eigenvalue weighted by Crippen LogP contribution is -2.29. The van der Waals surface area contributed by atoms with E-state index in [-0.39, 0.29) is 11.8 Å². The highest BCUT2D eigenvalue weighted by Gasteiger charge is 2.25. The summed E-state index contributed by atoms with van der Waals surface area (Å²) in [4.78, 5) is 12.0. The lowest BCUT2D eigenvalue weighted by atomic mass is 10.2. The Balaban J connectivity index is 1.92. The molecule has 0 aliphatic heterocycles. The molecule has 1 atom stereocenters. The summed E-state index contributed by atoms with van der Waals surface area (Å²) in [5.74, 6) is 0. The van der Waals surface area contributed by atoms with E-state index in [1.165, 1.54) is 0 Å². The summed E-state index contributed by atoms with van der Waals surface area (Å²) in [7, 11) is 0. The fourth-order valence-corrected chi connectivity index (χ4v) is 2.02. The van der Waals surface area contributed by atoms with Crippen LogP contribution in [0.25, 0.3) is 0 Å². The summed E-state index contributed by atoms with van der Waals surface area (Å²) in [5.41, 5.74) is 5.70. The monoisotopic (exact) mass is 239 g/mol. The third-order valence-electron chi connectivity index (χ3n) is 3.17. The van der Waals surface area contributed by atoms with Crippen LogP contribution in [-0.2, 0) is 11.3 Å². The molecule has 1 unspecified atom stereocenters. The molecule has 5 nitrogen and oxygen atoms in total. The number of nitrogens with two attached hydrogens (primary N) is 1. The molecule has 0 amide bonds. The molecular weight excluding hydrogens is 218 g/mol.